The fourth-order valence-electron chi connectivity index (χ4n) is 2.00. The van der Waals surface area contributed by atoms with E-state index in [1.165, 1.54) is 34.8 Å². The highest BCUT2D eigenvalue weighted by atomic mass is 32.1. The molecule has 3 rings (SSSR count). The van der Waals surface area contributed by atoms with E-state index >= 15 is 0 Å². The summed E-state index contributed by atoms with van der Waals surface area (Å²) in [5.41, 5.74) is 1.60. The van der Waals surface area contributed by atoms with E-state index in [9.17, 15) is 9.18 Å². The van der Waals surface area contributed by atoms with Gasteiger partial charge in [-0.15, -0.1) is 11.3 Å². The SMILES string of the molecule is CCOC(=O)c1sc(Nc2nc3ccc(F)cc3s2)cc1C. The third-order valence-electron chi connectivity index (χ3n) is 2.96. The van der Waals surface area contributed by atoms with Crippen LogP contribution in [-0.4, -0.2) is 17.6 Å². The third kappa shape index (κ3) is 2.95. The Morgan fingerprint density at radius 2 is 2.18 bits per heavy atom. The standard InChI is InChI=1S/C15H13FN2O2S2/c1-3-20-14(19)13-8(2)6-12(22-13)18-15-17-10-5-4-9(16)7-11(10)21-15/h4-7H,3H2,1-2H3,(H,17,18). The minimum Gasteiger partial charge on any atom is -0.462 e. The summed E-state index contributed by atoms with van der Waals surface area (Å²) >= 11 is 2.69. The Hall–Kier alpha value is -1.99. The number of nitrogens with zero attached hydrogens (tertiary/aromatic N) is 1. The molecule has 1 N–H and O–H groups in total. The van der Waals surface area contributed by atoms with E-state index in [1.807, 2.05) is 13.0 Å². The molecule has 0 fully saturated rings. The molecule has 114 valence electrons. The van der Waals surface area contributed by atoms with Gasteiger partial charge in [-0.2, -0.15) is 0 Å². The molecule has 0 spiro atoms. The van der Waals surface area contributed by atoms with E-state index in [0.717, 1.165) is 20.8 Å². The lowest BCUT2D eigenvalue weighted by atomic mass is 10.3. The first-order valence-electron chi connectivity index (χ1n) is 6.67. The fraction of sp³-hybridized carbons (Fsp3) is 0.200. The number of halogens is 1. The summed E-state index contributed by atoms with van der Waals surface area (Å²) in [5, 5.41) is 4.64. The van der Waals surface area contributed by atoms with Crippen molar-refractivity contribution in [2.45, 2.75) is 13.8 Å². The first kappa shape index (κ1) is 14.9. The topological polar surface area (TPSA) is 51.2 Å². The normalized spacial score (nSPS) is 10.9. The molecule has 7 heteroatoms. The first-order chi connectivity index (χ1) is 10.6. The van der Waals surface area contributed by atoms with Crippen molar-refractivity contribution >= 4 is 49.0 Å². The second-order valence-electron chi connectivity index (χ2n) is 4.60. The molecule has 0 aliphatic carbocycles. The number of hydrogen-bond acceptors (Lipinski definition) is 6. The Kier molecular flexibility index (Phi) is 4.08. The maximum absolute atomic E-state index is 13.2. The number of thiophene rings is 1. The largest absolute Gasteiger partial charge is 0.462 e. The van der Waals surface area contributed by atoms with Crippen LogP contribution in [0.2, 0.25) is 0 Å². The van der Waals surface area contributed by atoms with Gasteiger partial charge >= 0.3 is 5.97 Å². The summed E-state index contributed by atoms with van der Waals surface area (Å²) in [4.78, 5) is 16.8. The van der Waals surface area contributed by atoms with Crippen molar-refractivity contribution in [2.24, 2.45) is 0 Å². The molecule has 2 aromatic heterocycles. The monoisotopic (exact) mass is 336 g/mol. The average Bonchev–Trinajstić information content (AvgIpc) is 3.02. The smallest absolute Gasteiger partial charge is 0.348 e. The molecule has 2 heterocycles. The number of aryl methyl sites for hydroxylation is 1. The van der Waals surface area contributed by atoms with Gasteiger partial charge in [0.1, 0.15) is 10.7 Å². The van der Waals surface area contributed by atoms with E-state index < -0.39 is 0 Å². The van der Waals surface area contributed by atoms with Gasteiger partial charge in [0.25, 0.3) is 0 Å². The molecule has 0 saturated heterocycles. The number of nitrogens with one attached hydrogen (secondary N) is 1. The number of carbonyl (C=O) groups excluding carboxylic acids is 1. The van der Waals surface area contributed by atoms with E-state index in [-0.39, 0.29) is 11.8 Å². The van der Waals surface area contributed by atoms with Crippen LogP contribution in [0.5, 0.6) is 0 Å². The van der Waals surface area contributed by atoms with Crippen molar-refractivity contribution in [3.05, 3.63) is 40.5 Å². The summed E-state index contributed by atoms with van der Waals surface area (Å²) in [6.07, 6.45) is 0. The first-order valence-corrected chi connectivity index (χ1v) is 8.31. The van der Waals surface area contributed by atoms with Crippen LogP contribution in [-0.2, 0) is 4.74 Å². The maximum atomic E-state index is 13.2. The Balaban J connectivity index is 1.85. The Bertz CT molecular complexity index is 841. The van der Waals surface area contributed by atoms with E-state index in [1.54, 1.807) is 13.0 Å². The lowest BCUT2D eigenvalue weighted by molar-refractivity contribution is 0.0531. The highest BCUT2D eigenvalue weighted by Gasteiger charge is 2.15. The van der Waals surface area contributed by atoms with Crippen molar-refractivity contribution < 1.29 is 13.9 Å². The second-order valence-corrected chi connectivity index (χ2v) is 6.68. The number of fused-ring (bicyclic) bond motifs is 1. The van der Waals surface area contributed by atoms with Gasteiger partial charge in [0.15, 0.2) is 5.13 Å². The van der Waals surface area contributed by atoms with Crippen molar-refractivity contribution in [1.82, 2.24) is 4.98 Å². The van der Waals surface area contributed by atoms with Crippen LogP contribution in [0.15, 0.2) is 24.3 Å². The summed E-state index contributed by atoms with van der Waals surface area (Å²) in [6.45, 7) is 3.99. The molecule has 0 bridgehead atoms. The molecule has 0 aliphatic rings. The lowest BCUT2D eigenvalue weighted by Crippen LogP contribution is -2.03. The summed E-state index contributed by atoms with van der Waals surface area (Å²) in [5.74, 6) is -0.594. The van der Waals surface area contributed by atoms with Gasteiger partial charge in [0.05, 0.1) is 21.8 Å². The van der Waals surface area contributed by atoms with Crippen LogP contribution in [0.1, 0.15) is 22.2 Å². The lowest BCUT2D eigenvalue weighted by Gasteiger charge is -1.99. The van der Waals surface area contributed by atoms with Gasteiger partial charge in [-0.3, -0.25) is 0 Å². The van der Waals surface area contributed by atoms with Crippen LogP contribution in [0.4, 0.5) is 14.5 Å². The zero-order valence-electron chi connectivity index (χ0n) is 12.0. The highest BCUT2D eigenvalue weighted by Crippen LogP contribution is 2.33. The van der Waals surface area contributed by atoms with Crippen molar-refractivity contribution in [1.29, 1.82) is 0 Å². The zero-order valence-corrected chi connectivity index (χ0v) is 13.6. The van der Waals surface area contributed by atoms with Gasteiger partial charge in [0, 0.05) is 0 Å². The van der Waals surface area contributed by atoms with Crippen LogP contribution >= 0.6 is 22.7 Å². The quantitative estimate of drug-likeness (QED) is 0.700. The van der Waals surface area contributed by atoms with Crippen LogP contribution in [0.3, 0.4) is 0 Å². The van der Waals surface area contributed by atoms with E-state index in [4.69, 9.17) is 4.74 Å². The van der Waals surface area contributed by atoms with E-state index in [2.05, 4.69) is 10.3 Å². The second kappa shape index (κ2) is 6.02. The number of rotatable bonds is 4. The van der Waals surface area contributed by atoms with Crippen LogP contribution in [0, 0.1) is 12.7 Å². The predicted octanol–water partition coefficient (Wildman–Crippen LogP) is 4.73. The van der Waals surface area contributed by atoms with Gasteiger partial charge in [-0.25, -0.2) is 14.2 Å². The number of carbonyl (C=O) groups is 1. The fourth-order valence-corrected chi connectivity index (χ4v) is 3.93. The molecule has 0 unspecified atom stereocenters. The van der Waals surface area contributed by atoms with Crippen LogP contribution in [0.25, 0.3) is 10.2 Å². The summed E-state index contributed by atoms with van der Waals surface area (Å²) in [7, 11) is 0. The van der Waals surface area contributed by atoms with Gasteiger partial charge < -0.3 is 10.1 Å². The van der Waals surface area contributed by atoms with Gasteiger partial charge in [-0.1, -0.05) is 11.3 Å². The minimum atomic E-state index is -0.315. The number of hydrogen-bond donors (Lipinski definition) is 1. The molecule has 0 aliphatic heterocycles. The van der Waals surface area contributed by atoms with Gasteiger partial charge in [0.2, 0.25) is 0 Å². The molecule has 3 aromatic rings. The number of benzene rings is 1. The molecule has 1 aromatic carbocycles. The number of esters is 1. The molecule has 4 nitrogen and oxygen atoms in total. The highest BCUT2D eigenvalue weighted by molar-refractivity contribution is 7.23. The van der Waals surface area contributed by atoms with Crippen molar-refractivity contribution in [3.63, 3.8) is 0 Å². The summed E-state index contributed by atoms with van der Waals surface area (Å²) < 4.78 is 19.0. The minimum absolute atomic E-state index is 0.278. The zero-order chi connectivity index (χ0) is 15.7. The summed E-state index contributed by atoms with van der Waals surface area (Å²) in [6, 6.07) is 6.38. The maximum Gasteiger partial charge on any atom is 0.348 e. The van der Waals surface area contributed by atoms with Crippen molar-refractivity contribution in [3.8, 4) is 0 Å². The number of anilines is 2. The van der Waals surface area contributed by atoms with E-state index in [0.29, 0.717) is 16.6 Å². The molecule has 22 heavy (non-hydrogen) atoms. The van der Waals surface area contributed by atoms with Crippen LogP contribution < -0.4 is 5.32 Å². The predicted molar refractivity (Wildman–Crippen MR) is 87.9 cm³/mol. The number of thiazole rings is 1. The molecular formula is C15H13FN2O2S2. The molecule has 0 atom stereocenters. The number of aromatic nitrogens is 1. The molecule has 0 radical (unpaired) electrons. The van der Waals surface area contributed by atoms with Gasteiger partial charge in [-0.05, 0) is 43.7 Å². The Morgan fingerprint density at radius 3 is 2.95 bits per heavy atom. The Morgan fingerprint density at radius 1 is 1.36 bits per heavy atom. The molecule has 0 saturated carbocycles. The number of ether oxygens (including phenoxy) is 1. The molecule has 0 amide bonds. The Labute approximate surface area is 134 Å². The third-order valence-corrected chi connectivity index (χ3v) is 5.03. The average molecular weight is 336 g/mol. The van der Waals surface area contributed by atoms with Crippen molar-refractivity contribution in [2.75, 3.05) is 11.9 Å². The molecular weight excluding hydrogens is 323 g/mol.